The van der Waals surface area contributed by atoms with Crippen molar-refractivity contribution in [3.63, 3.8) is 0 Å². The zero-order valence-corrected chi connectivity index (χ0v) is 9.06. The summed E-state index contributed by atoms with van der Waals surface area (Å²) in [5, 5.41) is 9.54. The highest BCUT2D eigenvalue weighted by molar-refractivity contribution is 5.68. The Balaban J connectivity index is 2.49. The first-order valence-electron chi connectivity index (χ1n) is 5.38. The Hall–Kier alpha value is -1.80. The van der Waals surface area contributed by atoms with Crippen LogP contribution < -0.4 is 5.73 Å². The van der Waals surface area contributed by atoms with Gasteiger partial charge in [-0.05, 0) is 41.8 Å². The van der Waals surface area contributed by atoms with Gasteiger partial charge >= 0.3 is 0 Å². The van der Waals surface area contributed by atoms with Gasteiger partial charge in [-0.2, -0.15) is 0 Å². The summed E-state index contributed by atoms with van der Waals surface area (Å²) in [6.45, 7) is 0.616. The second kappa shape index (κ2) is 4.81. The molecule has 16 heavy (non-hydrogen) atoms. The first-order valence-corrected chi connectivity index (χ1v) is 5.38. The third-order valence-corrected chi connectivity index (χ3v) is 2.59. The Morgan fingerprint density at radius 1 is 1.00 bits per heavy atom. The maximum Gasteiger partial charge on any atom is 0.116 e. The Morgan fingerprint density at radius 3 is 2.44 bits per heavy atom. The monoisotopic (exact) mass is 213 g/mol. The van der Waals surface area contributed by atoms with Crippen molar-refractivity contribution in [2.75, 3.05) is 6.54 Å². The van der Waals surface area contributed by atoms with Crippen molar-refractivity contribution in [2.45, 2.75) is 6.42 Å². The van der Waals surface area contributed by atoms with Gasteiger partial charge in [-0.15, -0.1) is 0 Å². The van der Waals surface area contributed by atoms with E-state index in [2.05, 4.69) is 0 Å². The van der Waals surface area contributed by atoms with Gasteiger partial charge in [0.05, 0.1) is 0 Å². The summed E-state index contributed by atoms with van der Waals surface area (Å²) in [4.78, 5) is 0. The molecule has 0 heterocycles. The zero-order valence-electron chi connectivity index (χ0n) is 9.06. The van der Waals surface area contributed by atoms with Crippen molar-refractivity contribution in [1.29, 1.82) is 0 Å². The summed E-state index contributed by atoms with van der Waals surface area (Å²) in [5.41, 5.74) is 8.93. The van der Waals surface area contributed by atoms with Gasteiger partial charge < -0.3 is 10.8 Å². The highest BCUT2D eigenvalue weighted by atomic mass is 16.3. The molecule has 2 aromatic rings. The van der Waals surface area contributed by atoms with Crippen LogP contribution in [0.15, 0.2) is 48.5 Å². The van der Waals surface area contributed by atoms with Crippen molar-refractivity contribution >= 4 is 0 Å². The Labute approximate surface area is 95.4 Å². The van der Waals surface area contributed by atoms with Crippen LogP contribution in [-0.2, 0) is 6.42 Å². The fourth-order valence-electron chi connectivity index (χ4n) is 1.82. The molecule has 0 aliphatic rings. The minimum Gasteiger partial charge on any atom is -0.508 e. The number of hydrogen-bond donors (Lipinski definition) is 2. The summed E-state index contributed by atoms with van der Waals surface area (Å²) >= 11 is 0. The van der Waals surface area contributed by atoms with E-state index in [9.17, 15) is 5.11 Å². The van der Waals surface area contributed by atoms with Crippen LogP contribution in [0.25, 0.3) is 11.1 Å². The molecule has 0 aliphatic carbocycles. The van der Waals surface area contributed by atoms with Gasteiger partial charge in [0, 0.05) is 0 Å². The molecule has 2 aromatic carbocycles. The van der Waals surface area contributed by atoms with Crippen LogP contribution in [-0.4, -0.2) is 11.7 Å². The lowest BCUT2D eigenvalue weighted by atomic mass is 9.97. The van der Waals surface area contributed by atoms with E-state index in [1.165, 1.54) is 5.56 Å². The molecule has 2 rings (SSSR count). The fourth-order valence-corrected chi connectivity index (χ4v) is 1.82. The summed E-state index contributed by atoms with van der Waals surface area (Å²) in [7, 11) is 0. The summed E-state index contributed by atoms with van der Waals surface area (Å²) < 4.78 is 0. The normalized spacial score (nSPS) is 10.3. The van der Waals surface area contributed by atoms with Crippen molar-refractivity contribution in [3.8, 4) is 16.9 Å². The molecule has 0 atom stereocenters. The SMILES string of the molecule is NCCc1ccc(O)cc1-c1ccccc1. The van der Waals surface area contributed by atoms with Crippen molar-refractivity contribution in [3.05, 3.63) is 54.1 Å². The molecule has 0 amide bonds. The summed E-state index contributed by atoms with van der Waals surface area (Å²) in [6.07, 6.45) is 0.824. The lowest BCUT2D eigenvalue weighted by molar-refractivity contribution is 0.475. The van der Waals surface area contributed by atoms with Crippen LogP contribution in [0.2, 0.25) is 0 Å². The van der Waals surface area contributed by atoms with E-state index in [-0.39, 0.29) is 0 Å². The van der Waals surface area contributed by atoms with E-state index in [1.54, 1.807) is 12.1 Å². The summed E-state index contributed by atoms with van der Waals surface area (Å²) in [6, 6.07) is 15.5. The quantitative estimate of drug-likeness (QED) is 0.823. The predicted molar refractivity (Wildman–Crippen MR) is 66.3 cm³/mol. The van der Waals surface area contributed by atoms with E-state index < -0.39 is 0 Å². The minimum atomic E-state index is 0.291. The molecule has 0 fully saturated rings. The van der Waals surface area contributed by atoms with Crippen LogP contribution in [0, 0.1) is 0 Å². The van der Waals surface area contributed by atoms with Gasteiger partial charge in [0.2, 0.25) is 0 Å². The number of phenolic OH excluding ortho intramolecular Hbond substituents is 1. The molecule has 0 bridgehead atoms. The van der Waals surface area contributed by atoms with Gasteiger partial charge in [0.1, 0.15) is 5.75 Å². The first kappa shape index (κ1) is 10.7. The Morgan fingerprint density at radius 2 is 1.75 bits per heavy atom. The van der Waals surface area contributed by atoms with Crippen molar-refractivity contribution in [2.24, 2.45) is 5.73 Å². The summed E-state index contributed by atoms with van der Waals surface area (Å²) in [5.74, 6) is 0.291. The number of nitrogens with two attached hydrogens (primary N) is 1. The second-order valence-electron chi connectivity index (χ2n) is 3.75. The minimum absolute atomic E-state index is 0.291. The lowest BCUT2D eigenvalue weighted by Gasteiger charge is -2.09. The number of phenols is 1. The van der Waals surface area contributed by atoms with Gasteiger partial charge in [-0.3, -0.25) is 0 Å². The highest BCUT2D eigenvalue weighted by Gasteiger charge is 2.05. The average Bonchev–Trinajstić information content (AvgIpc) is 2.33. The van der Waals surface area contributed by atoms with Gasteiger partial charge in [-0.1, -0.05) is 36.4 Å². The molecular weight excluding hydrogens is 198 g/mol. The smallest absolute Gasteiger partial charge is 0.116 e. The molecule has 3 N–H and O–H groups in total. The van der Waals surface area contributed by atoms with Crippen molar-refractivity contribution < 1.29 is 5.11 Å². The molecule has 0 saturated carbocycles. The topological polar surface area (TPSA) is 46.2 Å². The van der Waals surface area contributed by atoms with Gasteiger partial charge in [-0.25, -0.2) is 0 Å². The Bertz CT molecular complexity index is 465. The third-order valence-electron chi connectivity index (χ3n) is 2.59. The molecule has 82 valence electrons. The number of rotatable bonds is 3. The van der Waals surface area contributed by atoms with Gasteiger partial charge in [0.15, 0.2) is 0 Å². The lowest BCUT2D eigenvalue weighted by Crippen LogP contribution is -2.03. The molecule has 0 radical (unpaired) electrons. The van der Waals surface area contributed by atoms with E-state index in [0.717, 1.165) is 17.5 Å². The second-order valence-corrected chi connectivity index (χ2v) is 3.75. The van der Waals surface area contributed by atoms with Crippen LogP contribution in [0.3, 0.4) is 0 Å². The van der Waals surface area contributed by atoms with Crippen LogP contribution in [0.4, 0.5) is 0 Å². The third kappa shape index (κ3) is 2.23. The van der Waals surface area contributed by atoms with E-state index >= 15 is 0 Å². The average molecular weight is 213 g/mol. The highest BCUT2D eigenvalue weighted by Crippen LogP contribution is 2.27. The van der Waals surface area contributed by atoms with Crippen LogP contribution in [0.5, 0.6) is 5.75 Å². The first-order chi connectivity index (χ1) is 7.81. The number of hydrogen-bond acceptors (Lipinski definition) is 2. The Kier molecular flexibility index (Phi) is 3.22. The molecule has 0 aliphatic heterocycles. The largest absolute Gasteiger partial charge is 0.508 e. The number of benzene rings is 2. The zero-order chi connectivity index (χ0) is 11.4. The molecule has 0 unspecified atom stereocenters. The fraction of sp³-hybridized carbons (Fsp3) is 0.143. The maximum atomic E-state index is 9.54. The molecule has 2 nitrogen and oxygen atoms in total. The maximum absolute atomic E-state index is 9.54. The van der Waals surface area contributed by atoms with E-state index in [4.69, 9.17) is 5.73 Å². The van der Waals surface area contributed by atoms with Crippen LogP contribution in [0.1, 0.15) is 5.56 Å². The predicted octanol–water partition coefficient (Wildman–Crippen LogP) is 2.56. The standard InChI is InChI=1S/C14H15NO/c15-9-8-12-6-7-13(16)10-14(12)11-4-2-1-3-5-11/h1-7,10,16H,8-9,15H2. The molecule has 2 heteroatoms. The molecule has 0 saturated heterocycles. The van der Waals surface area contributed by atoms with Gasteiger partial charge in [0.25, 0.3) is 0 Å². The molecule has 0 aromatic heterocycles. The van der Waals surface area contributed by atoms with Crippen LogP contribution >= 0.6 is 0 Å². The van der Waals surface area contributed by atoms with Crippen molar-refractivity contribution in [1.82, 2.24) is 0 Å². The van der Waals surface area contributed by atoms with E-state index in [1.807, 2.05) is 36.4 Å². The van der Waals surface area contributed by atoms with E-state index in [0.29, 0.717) is 12.3 Å². The molecular formula is C14H15NO. The number of aromatic hydroxyl groups is 1. The molecule has 0 spiro atoms.